The molecule has 0 unspecified atom stereocenters. The van der Waals surface area contributed by atoms with Crippen LogP contribution in [0.4, 0.5) is 0 Å². The van der Waals surface area contributed by atoms with Gasteiger partial charge in [0.25, 0.3) is 0 Å². The van der Waals surface area contributed by atoms with Crippen LogP contribution in [0.1, 0.15) is 33.4 Å². The zero-order chi connectivity index (χ0) is 32.6. The van der Waals surface area contributed by atoms with Gasteiger partial charge in [-0.05, 0) is 70.2 Å². The number of aliphatic imine (C=N–C) groups is 2. The van der Waals surface area contributed by atoms with Crippen LogP contribution in [0.2, 0.25) is 0 Å². The summed E-state index contributed by atoms with van der Waals surface area (Å²) in [6, 6.07) is 55.3. The minimum atomic E-state index is 0.672. The Labute approximate surface area is 285 Å². The van der Waals surface area contributed by atoms with Gasteiger partial charge in [-0.15, -0.1) is 0 Å². The molecule has 0 saturated carbocycles. The van der Waals surface area contributed by atoms with Gasteiger partial charge in [-0.2, -0.15) is 0 Å². The molecule has 3 heteroatoms. The van der Waals surface area contributed by atoms with Gasteiger partial charge in [0.05, 0.1) is 11.2 Å². The van der Waals surface area contributed by atoms with E-state index < -0.39 is 0 Å². The number of hydrogen-bond donors (Lipinski definition) is 0. The number of rotatable bonds is 5. The van der Waals surface area contributed by atoms with Gasteiger partial charge in [0.1, 0.15) is 5.70 Å². The molecule has 0 N–H and O–H groups in total. The maximum Gasteiger partial charge on any atom is 0.161 e. The number of nitrogens with zero attached hydrogens (tertiary/aromatic N) is 3. The molecule has 7 aromatic rings. The average Bonchev–Trinajstić information content (AvgIpc) is 3.37. The Morgan fingerprint density at radius 2 is 1.20 bits per heavy atom. The van der Waals surface area contributed by atoms with E-state index in [4.69, 9.17) is 9.98 Å². The fraction of sp³-hybridized carbons (Fsp3) is 0.0217. The van der Waals surface area contributed by atoms with Gasteiger partial charge < -0.3 is 4.57 Å². The van der Waals surface area contributed by atoms with Crippen molar-refractivity contribution >= 4 is 39.8 Å². The quantitative estimate of drug-likeness (QED) is 0.170. The van der Waals surface area contributed by atoms with E-state index in [-0.39, 0.29) is 0 Å². The molecule has 3 nitrogen and oxygen atoms in total. The molecule has 1 aliphatic heterocycles. The summed E-state index contributed by atoms with van der Waals surface area (Å²) in [6.07, 6.45) is 7.40. The Hall–Kier alpha value is -6.54. The van der Waals surface area contributed by atoms with Crippen LogP contribution in [0, 0.1) is 0 Å². The molecule has 1 aromatic heterocycles. The maximum absolute atomic E-state index is 5.08. The van der Waals surface area contributed by atoms with Crippen molar-refractivity contribution in [3.63, 3.8) is 0 Å². The second-order valence-corrected chi connectivity index (χ2v) is 12.4. The van der Waals surface area contributed by atoms with Crippen molar-refractivity contribution in [1.82, 2.24) is 4.57 Å². The first-order chi connectivity index (χ1) is 24.3. The summed E-state index contributed by atoms with van der Waals surface area (Å²) in [4.78, 5) is 10.1. The van der Waals surface area contributed by atoms with Crippen molar-refractivity contribution in [2.45, 2.75) is 6.42 Å². The second kappa shape index (κ2) is 12.2. The van der Waals surface area contributed by atoms with Gasteiger partial charge in [0.2, 0.25) is 0 Å². The highest BCUT2D eigenvalue weighted by molar-refractivity contribution is 6.19. The molecule has 0 amide bonds. The third kappa shape index (κ3) is 5.39. The van der Waals surface area contributed by atoms with Gasteiger partial charge in [-0.25, -0.2) is 9.98 Å². The highest BCUT2D eigenvalue weighted by atomic mass is 15.0. The summed E-state index contributed by atoms with van der Waals surface area (Å²) < 4.78 is 2.28. The normalized spacial score (nSPS) is 13.7. The van der Waals surface area contributed by atoms with Crippen molar-refractivity contribution in [1.29, 1.82) is 0 Å². The van der Waals surface area contributed by atoms with Crippen LogP contribution in [0.25, 0.3) is 45.1 Å². The molecule has 6 aromatic carbocycles. The summed E-state index contributed by atoms with van der Waals surface area (Å²) in [7, 11) is 0. The molecule has 0 fully saturated rings. The van der Waals surface area contributed by atoms with Crippen molar-refractivity contribution in [3.8, 4) is 16.8 Å². The number of benzene rings is 6. The van der Waals surface area contributed by atoms with Crippen LogP contribution in [0.5, 0.6) is 0 Å². The molecule has 2 aliphatic rings. The zero-order valence-electron chi connectivity index (χ0n) is 26.8. The molecular weight excluding hydrogens is 595 g/mol. The van der Waals surface area contributed by atoms with Gasteiger partial charge in [-0.3, -0.25) is 0 Å². The Morgan fingerprint density at radius 1 is 0.531 bits per heavy atom. The highest BCUT2D eigenvalue weighted by Gasteiger charge is 2.20. The van der Waals surface area contributed by atoms with E-state index in [1.165, 1.54) is 44.3 Å². The monoisotopic (exact) mass is 625 g/mol. The SMILES string of the molecule is C1=CC(c2ccc(C3=Cc4c(ccc5c4ccn5-c4ccccc4)-c4ccccc4C3)cc2)=NC(c2ccccc2)=NC=1c1ccccc1. The molecule has 49 heavy (non-hydrogen) atoms. The van der Waals surface area contributed by atoms with Gasteiger partial charge >= 0.3 is 0 Å². The maximum atomic E-state index is 5.08. The summed E-state index contributed by atoms with van der Waals surface area (Å²) >= 11 is 0. The molecule has 2 heterocycles. The smallest absolute Gasteiger partial charge is 0.161 e. The van der Waals surface area contributed by atoms with Gasteiger partial charge in [0.15, 0.2) is 5.84 Å². The van der Waals surface area contributed by atoms with Crippen LogP contribution >= 0.6 is 0 Å². The van der Waals surface area contributed by atoms with Crippen molar-refractivity contribution in [3.05, 3.63) is 209 Å². The first kappa shape index (κ1) is 28.7. The lowest BCUT2D eigenvalue weighted by Gasteiger charge is -2.11. The Bertz CT molecular complexity index is 2510. The van der Waals surface area contributed by atoms with Crippen LogP contribution in [-0.2, 0) is 6.42 Å². The van der Waals surface area contributed by atoms with Crippen molar-refractivity contribution in [2.75, 3.05) is 0 Å². The zero-order valence-corrected chi connectivity index (χ0v) is 26.8. The Morgan fingerprint density at radius 3 is 1.98 bits per heavy atom. The summed E-state index contributed by atoms with van der Waals surface area (Å²) in [5.41, 5.74) is 18.0. The van der Waals surface area contributed by atoms with Crippen molar-refractivity contribution < 1.29 is 0 Å². The van der Waals surface area contributed by atoms with Gasteiger partial charge in [-0.1, -0.05) is 139 Å². The number of fused-ring (bicyclic) bond motifs is 5. The Kier molecular flexibility index (Phi) is 7.16. The minimum Gasteiger partial charge on any atom is -0.317 e. The number of para-hydroxylation sites is 1. The van der Waals surface area contributed by atoms with Crippen LogP contribution < -0.4 is 0 Å². The number of allylic oxidation sites excluding steroid dienone is 2. The third-order valence-electron chi connectivity index (χ3n) is 9.38. The summed E-state index contributed by atoms with van der Waals surface area (Å²) in [6.45, 7) is 0. The van der Waals surface area contributed by atoms with Crippen LogP contribution in [-0.4, -0.2) is 16.1 Å². The fourth-order valence-electron chi connectivity index (χ4n) is 6.91. The molecule has 0 atom stereocenters. The Balaban J connectivity index is 1.14. The summed E-state index contributed by atoms with van der Waals surface area (Å²) in [5, 5.41) is 1.25. The third-order valence-corrected chi connectivity index (χ3v) is 9.38. The van der Waals surface area contributed by atoms with Gasteiger partial charge in [0, 0.05) is 40.0 Å². The first-order valence-corrected chi connectivity index (χ1v) is 16.6. The molecule has 0 bridgehead atoms. The topological polar surface area (TPSA) is 29.6 Å². The summed E-state index contributed by atoms with van der Waals surface area (Å²) in [5.74, 6) is 0.672. The molecular formula is C46H31N3. The number of hydrogen-bond acceptors (Lipinski definition) is 2. The minimum absolute atomic E-state index is 0.672. The van der Waals surface area contributed by atoms with E-state index in [9.17, 15) is 0 Å². The molecule has 230 valence electrons. The fourth-order valence-corrected chi connectivity index (χ4v) is 6.91. The van der Waals surface area contributed by atoms with Crippen LogP contribution in [0.3, 0.4) is 0 Å². The molecule has 0 saturated heterocycles. The van der Waals surface area contributed by atoms with E-state index in [0.29, 0.717) is 5.84 Å². The largest absolute Gasteiger partial charge is 0.317 e. The first-order valence-electron chi connectivity index (χ1n) is 16.6. The lowest BCUT2D eigenvalue weighted by atomic mass is 9.94. The molecule has 1 aliphatic carbocycles. The van der Waals surface area contributed by atoms with Crippen LogP contribution in [0.15, 0.2) is 186 Å². The lowest BCUT2D eigenvalue weighted by molar-refractivity contribution is 1.13. The predicted octanol–water partition coefficient (Wildman–Crippen LogP) is 10.8. The van der Waals surface area contributed by atoms with E-state index in [2.05, 4.69) is 144 Å². The van der Waals surface area contributed by atoms with E-state index in [1.54, 1.807) is 0 Å². The molecule has 0 spiro atoms. The van der Waals surface area contributed by atoms with E-state index >= 15 is 0 Å². The van der Waals surface area contributed by atoms with E-state index in [1.807, 2.05) is 42.5 Å². The highest BCUT2D eigenvalue weighted by Crippen LogP contribution is 2.40. The lowest BCUT2D eigenvalue weighted by Crippen LogP contribution is -2.04. The second-order valence-electron chi connectivity index (χ2n) is 12.4. The molecule has 9 rings (SSSR count). The average molecular weight is 626 g/mol. The van der Waals surface area contributed by atoms with Crippen molar-refractivity contribution in [2.24, 2.45) is 9.98 Å². The standard InChI is InChI=1S/C46H31N3/c1-4-12-33(13-5-1)43-25-26-44(48-46(47-43)35-14-6-2-7-15-35)34-22-20-32(21-23-34)37-30-36-16-10-11-19-39(36)40-24-27-45-41(42(40)31-37)28-29-49(45)38-17-8-3-9-18-38/h1-24,26-29,31H,30H2. The van der Waals surface area contributed by atoms with E-state index in [0.717, 1.165) is 40.2 Å². The molecule has 0 radical (unpaired) electrons. The predicted molar refractivity (Wildman–Crippen MR) is 204 cm³/mol. The number of aromatic nitrogens is 1. The number of amidine groups is 1.